The van der Waals surface area contributed by atoms with Gasteiger partial charge in [-0.15, -0.1) is 0 Å². The lowest BCUT2D eigenvalue weighted by Crippen LogP contribution is -2.39. The van der Waals surface area contributed by atoms with Gasteiger partial charge in [0.1, 0.15) is 11.4 Å². The van der Waals surface area contributed by atoms with Crippen LogP contribution in [0.15, 0.2) is 48.5 Å². The fourth-order valence-corrected chi connectivity index (χ4v) is 3.78. The molecule has 2 unspecified atom stereocenters. The highest BCUT2D eigenvalue weighted by Gasteiger charge is 2.45. The van der Waals surface area contributed by atoms with Crippen LogP contribution in [0.2, 0.25) is 0 Å². The number of esters is 1. The molecule has 0 spiro atoms. The van der Waals surface area contributed by atoms with Gasteiger partial charge in [0.25, 0.3) is 0 Å². The average Bonchev–Trinajstić information content (AvgIpc) is 3.51. The van der Waals surface area contributed by atoms with Crippen LogP contribution in [-0.4, -0.2) is 41.8 Å². The summed E-state index contributed by atoms with van der Waals surface area (Å²) in [4.78, 5) is 26.5. The van der Waals surface area contributed by atoms with Gasteiger partial charge in [0, 0.05) is 18.5 Å². The van der Waals surface area contributed by atoms with E-state index in [1.165, 1.54) is 12.1 Å². The van der Waals surface area contributed by atoms with Crippen LogP contribution in [0.4, 0.5) is 9.18 Å². The first kappa shape index (κ1) is 23.8. The quantitative estimate of drug-likeness (QED) is 0.491. The van der Waals surface area contributed by atoms with E-state index in [4.69, 9.17) is 9.47 Å². The first-order chi connectivity index (χ1) is 15.2. The molecule has 1 amide bonds. The number of halogens is 1. The highest BCUT2D eigenvalue weighted by Crippen LogP contribution is 2.45. The Labute approximate surface area is 189 Å². The second kappa shape index (κ2) is 10.2. The SMILES string of the molecule is CCOC(=O)c1ccc(CCCN(C(=O)OC(C)(C)C)C2CC2c2ccc(F)cc2)cc1. The van der Waals surface area contributed by atoms with Crippen LogP contribution in [0.25, 0.3) is 0 Å². The lowest BCUT2D eigenvalue weighted by Gasteiger charge is -2.28. The summed E-state index contributed by atoms with van der Waals surface area (Å²) in [5.74, 6) is -0.383. The molecule has 0 N–H and O–H groups in total. The zero-order valence-corrected chi connectivity index (χ0v) is 19.3. The molecule has 0 bridgehead atoms. The van der Waals surface area contributed by atoms with Gasteiger partial charge in [-0.3, -0.25) is 0 Å². The molecule has 0 aliphatic heterocycles. The molecule has 6 heteroatoms. The number of carbonyl (C=O) groups excluding carboxylic acids is 2. The number of rotatable bonds is 8. The van der Waals surface area contributed by atoms with Crippen LogP contribution in [0.3, 0.4) is 0 Å². The summed E-state index contributed by atoms with van der Waals surface area (Å²) in [6, 6.07) is 13.9. The Balaban J connectivity index is 1.61. The van der Waals surface area contributed by atoms with Crippen molar-refractivity contribution in [1.82, 2.24) is 4.90 Å². The monoisotopic (exact) mass is 441 g/mol. The summed E-state index contributed by atoms with van der Waals surface area (Å²) in [5, 5.41) is 0. The lowest BCUT2D eigenvalue weighted by atomic mass is 10.1. The Morgan fingerprint density at radius 1 is 1.06 bits per heavy atom. The third kappa shape index (κ3) is 6.55. The zero-order chi connectivity index (χ0) is 23.3. The lowest BCUT2D eigenvalue weighted by molar-refractivity contribution is 0.0227. The first-order valence-corrected chi connectivity index (χ1v) is 11.2. The molecule has 172 valence electrons. The molecule has 0 heterocycles. The number of carbonyl (C=O) groups is 2. The molecule has 0 saturated heterocycles. The summed E-state index contributed by atoms with van der Waals surface area (Å²) in [6.45, 7) is 8.27. The Bertz CT molecular complexity index is 918. The van der Waals surface area contributed by atoms with E-state index in [2.05, 4.69) is 0 Å². The van der Waals surface area contributed by atoms with Crippen LogP contribution in [0.1, 0.15) is 67.9 Å². The molecular formula is C26H32FNO4. The summed E-state index contributed by atoms with van der Waals surface area (Å²) >= 11 is 0. The molecule has 2 aromatic rings. The predicted octanol–water partition coefficient (Wildman–Crippen LogP) is 5.73. The van der Waals surface area contributed by atoms with E-state index >= 15 is 0 Å². The van der Waals surface area contributed by atoms with Crippen LogP contribution in [-0.2, 0) is 15.9 Å². The summed E-state index contributed by atoms with van der Waals surface area (Å²) in [5.41, 5.74) is 2.09. The largest absolute Gasteiger partial charge is 0.462 e. The van der Waals surface area contributed by atoms with Crippen molar-refractivity contribution in [1.29, 1.82) is 0 Å². The second-order valence-electron chi connectivity index (χ2n) is 9.16. The highest BCUT2D eigenvalue weighted by atomic mass is 19.1. The van der Waals surface area contributed by atoms with E-state index < -0.39 is 5.60 Å². The van der Waals surface area contributed by atoms with Crippen molar-refractivity contribution in [2.75, 3.05) is 13.2 Å². The number of benzene rings is 2. The van der Waals surface area contributed by atoms with Crippen LogP contribution >= 0.6 is 0 Å². The highest BCUT2D eigenvalue weighted by molar-refractivity contribution is 5.89. The Kier molecular flexibility index (Phi) is 7.54. The van der Waals surface area contributed by atoms with Crippen LogP contribution in [0.5, 0.6) is 0 Å². The van der Waals surface area contributed by atoms with E-state index in [1.807, 2.05) is 37.8 Å². The van der Waals surface area contributed by atoms with Gasteiger partial charge in [-0.05, 0) is 82.3 Å². The maximum atomic E-state index is 13.3. The first-order valence-electron chi connectivity index (χ1n) is 11.2. The van der Waals surface area contributed by atoms with Crippen molar-refractivity contribution >= 4 is 12.1 Å². The molecule has 0 aromatic heterocycles. The van der Waals surface area contributed by atoms with E-state index in [0.717, 1.165) is 30.4 Å². The van der Waals surface area contributed by atoms with Crippen molar-refractivity contribution in [3.05, 3.63) is 71.0 Å². The van der Waals surface area contributed by atoms with E-state index in [1.54, 1.807) is 31.2 Å². The van der Waals surface area contributed by atoms with E-state index in [0.29, 0.717) is 18.7 Å². The van der Waals surface area contributed by atoms with Crippen molar-refractivity contribution in [3.63, 3.8) is 0 Å². The van der Waals surface area contributed by atoms with Crippen molar-refractivity contribution in [3.8, 4) is 0 Å². The summed E-state index contributed by atoms with van der Waals surface area (Å²) in [7, 11) is 0. The van der Waals surface area contributed by atoms with Crippen molar-refractivity contribution in [2.45, 2.75) is 64.5 Å². The summed E-state index contributed by atoms with van der Waals surface area (Å²) < 4.78 is 23.9. The van der Waals surface area contributed by atoms with Gasteiger partial charge in [0.15, 0.2) is 0 Å². The average molecular weight is 442 g/mol. The molecule has 3 rings (SSSR count). The molecule has 2 atom stereocenters. The molecule has 32 heavy (non-hydrogen) atoms. The van der Waals surface area contributed by atoms with Gasteiger partial charge in [-0.1, -0.05) is 24.3 Å². The maximum absolute atomic E-state index is 13.3. The van der Waals surface area contributed by atoms with Gasteiger partial charge < -0.3 is 14.4 Å². The number of aryl methyl sites for hydroxylation is 1. The van der Waals surface area contributed by atoms with E-state index in [9.17, 15) is 14.0 Å². The van der Waals surface area contributed by atoms with Crippen LogP contribution < -0.4 is 0 Å². The molecule has 1 aliphatic carbocycles. The zero-order valence-electron chi connectivity index (χ0n) is 19.3. The molecular weight excluding hydrogens is 409 g/mol. The smallest absolute Gasteiger partial charge is 0.410 e. The standard InChI is InChI=1S/C26H32FNO4/c1-5-31-24(29)20-10-8-18(9-11-20)7-6-16-28(25(30)32-26(2,3)4)23-17-22(23)19-12-14-21(27)15-13-19/h8-15,22-23H,5-7,16-17H2,1-4H3. The third-order valence-electron chi connectivity index (χ3n) is 5.41. The number of amides is 1. The minimum absolute atomic E-state index is 0.0569. The summed E-state index contributed by atoms with van der Waals surface area (Å²) in [6.07, 6.45) is 2.07. The minimum Gasteiger partial charge on any atom is -0.462 e. The normalized spacial score (nSPS) is 17.5. The van der Waals surface area contributed by atoms with Crippen LogP contribution in [0, 0.1) is 5.82 Å². The molecule has 1 saturated carbocycles. The van der Waals surface area contributed by atoms with Gasteiger partial charge >= 0.3 is 12.1 Å². The van der Waals surface area contributed by atoms with Crippen molar-refractivity contribution in [2.24, 2.45) is 0 Å². The maximum Gasteiger partial charge on any atom is 0.410 e. The molecule has 1 fully saturated rings. The molecule has 2 aromatic carbocycles. The Morgan fingerprint density at radius 3 is 2.31 bits per heavy atom. The molecule has 5 nitrogen and oxygen atoms in total. The van der Waals surface area contributed by atoms with Gasteiger partial charge in [0.05, 0.1) is 12.2 Å². The van der Waals surface area contributed by atoms with E-state index in [-0.39, 0.29) is 29.8 Å². The number of hydrogen-bond acceptors (Lipinski definition) is 4. The molecule has 1 aliphatic rings. The van der Waals surface area contributed by atoms with Gasteiger partial charge in [0.2, 0.25) is 0 Å². The second-order valence-corrected chi connectivity index (χ2v) is 9.16. The number of nitrogens with zero attached hydrogens (tertiary/aromatic N) is 1. The predicted molar refractivity (Wildman–Crippen MR) is 121 cm³/mol. The Hall–Kier alpha value is -2.89. The number of hydrogen-bond donors (Lipinski definition) is 0. The topological polar surface area (TPSA) is 55.8 Å². The fourth-order valence-electron chi connectivity index (χ4n) is 3.78. The fraction of sp³-hybridized carbons (Fsp3) is 0.462. The minimum atomic E-state index is -0.571. The third-order valence-corrected chi connectivity index (χ3v) is 5.41. The molecule has 0 radical (unpaired) electrons. The van der Waals surface area contributed by atoms with Gasteiger partial charge in [-0.25, -0.2) is 14.0 Å². The Morgan fingerprint density at radius 2 is 1.72 bits per heavy atom. The van der Waals surface area contributed by atoms with Crippen molar-refractivity contribution < 1.29 is 23.5 Å². The van der Waals surface area contributed by atoms with Gasteiger partial charge in [-0.2, -0.15) is 0 Å². The number of ether oxygens (including phenoxy) is 2.